The molecule has 1 aromatic heterocycles. The molecule has 0 amide bonds. The molecule has 0 aliphatic rings. The summed E-state index contributed by atoms with van der Waals surface area (Å²) < 4.78 is 0.939. The van der Waals surface area contributed by atoms with E-state index in [0.717, 1.165) is 21.9 Å². The van der Waals surface area contributed by atoms with E-state index in [1.54, 1.807) is 6.20 Å². The van der Waals surface area contributed by atoms with E-state index in [0.29, 0.717) is 11.3 Å². The first kappa shape index (κ1) is 11.0. The van der Waals surface area contributed by atoms with Crippen LogP contribution in [0.2, 0.25) is 0 Å². The largest absolute Gasteiger partial charge is 0.298 e. The molecule has 2 aromatic rings. The molecule has 3 heteroatoms. The maximum Gasteiger partial charge on any atom is 0.152 e. The standard InChI is InChI=1S/C13H10BrNO/c1-9-6-10(8-16)13(15-7-9)11-4-2-3-5-12(11)14/h2-8H,1H3. The zero-order valence-corrected chi connectivity index (χ0v) is 10.4. The SMILES string of the molecule is Cc1cnc(-c2ccccc2Br)c(C=O)c1. The van der Waals surface area contributed by atoms with Crippen LogP contribution in [0, 0.1) is 6.92 Å². The van der Waals surface area contributed by atoms with Crippen LogP contribution in [0.1, 0.15) is 15.9 Å². The van der Waals surface area contributed by atoms with Crippen LogP contribution >= 0.6 is 15.9 Å². The van der Waals surface area contributed by atoms with E-state index in [4.69, 9.17) is 0 Å². The van der Waals surface area contributed by atoms with Gasteiger partial charge in [-0.2, -0.15) is 0 Å². The lowest BCUT2D eigenvalue weighted by Crippen LogP contribution is -1.93. The Balaban J connectivity index is 2.65. The lowest BCUT2D eigenvalue weighted by molar-refractivity contribution is 0.112. The molecular formula is C13H10BrNO. The first-order chi connectivity index (χ1) is 7.72. The highest BCUT2D eigenvalue weighted by Gasteiger charge is 2.09. The second-order valence-electron chi connectivity index (χ2n) is 3.55. The summed E-state index contributed by atoms with van der Waals surface area (Å²) in [6.07, 6.45) is 2.61. The van der Waals surface area contributed by atoms with Crippen LogP contribution in [0.3, 0.4) is 0 Å². The summed E-state index contributed by atoms with van der Waals surface area (Å²) in [6.45, 7) is 1.92. The van der Waals surface area contributed by atoms with Crippen LogP contribution in [0.4, 0.5) is 0 Å². The average Bonchev–Trinajstić information content (AvgIpc) is 2.30. The summed E-state index contributed by atoms with van der Waals surface area (Å²) in [5.41, 5.74) is 3.25. The van der Waals surface area contributed by atoms with E-state index in [1.165, 1.54) is 0 Å². The highest BCUT2D eigenvalue weighted by molar-refractivity contribution is 9.10. The third kappa shape index (κ3) is 2.04. The maximum absolute atomic E-state index is 11.0. The molecule has 0 spiro atoms. The van der Waals surface area contributed by atoms with Gasteiger partial charge in [0.25, 0.3) is 0 Å². The number of benzene rings is 1. The Hall–Kier alpha value is -1.48. The van der Waals surface area contributed by atoms with Crippen molar-refractivity contribution in [3.8, 4) is 11.3 Å². The maximum atomic E-state index is 11.0. The molecule has 0 bridgehead atoms. The molecule has 0 aliphatic carbocycles. The molecule has 16 heavy (non-hydrogen) atoms. The minimum atomic E-state index is 0.618. The highest BCUT2D eigenvalue weighted by atomic mass is 79.9. The van der Waals surface area contributed by atoms with Gasteiger partial charge in [-0.3, -0.25) is 9.78 Å². The Bertz CT molecular complexity index is 537. The van der Waals surface area contributed by atoms with E-state index in [-0.39, 0.29) is 0 Å². The van der Waals surface area contributed by atoms with E-state index < -0.39 is 0 Å². The number of carbonyl (C=O) groups excluding carboxylic acids is 1. The van der Waals surface area contributed by atoms with Crippen molar-refractivity contribution < 1.29 is 4.79 Å². The van der Waals surface area contributed by atoms with Gasteiger partial charge in [0.15, 0.2) is 6.29 Å². The normalized spacial score (nSPS) is 10.1. The van der Waals surface area contributed by atoms with Crippen LogP contribution in [0.5, 0.6) is 0 Å². The second-order valence-corrected chi connectivity index (χ2v) is 4.40. The molecule has 0 N–H and O–H groups in total. The van der Waals surface area contributed by atoms with Gasteiger partial charge in [-0.25, -0.2) is 0 Å². The summed E-state index contributed by atoms with van der Waals surface area (Å²) in [4.78, 5) is 15.3. The van der Waals surface area contributed by atoms with Gasteiger partial charge in [0.1, 0.15) is 0 Å². The molecule has 0 radical (unpaired) electrons. The van der Waals surface area contributed by atoms with Crippen molar-refractivity contribution in [1.82, 2.24) is 4.98 Å². The minimum Gasteiger partial charge on any atom is -0.298 e. The van der Waals surface area contributed by atoms with Crippen LogP contribution < -0.4 is 0 Å². The number of pyridine rings is 1. The summed E-state index contributed by atoms with van der Waals surface area (Å²) >= 11 is 3.46. The molecule has 0 saturated carbocycles. The second kappa shape index (κ2) is 4.58. The quantitative estimate of drug-likeness (QED) is 0.784. The third-order valence-electron chi connectivity index (χ3n) is 2.31. The van der Waals surface area contributed by atoms with E-state index >= 15 is 0 Å². The highest BCUT2D eigenvalue weighted by Crippen LogP contribution is 2.28. The molecule has 0 unspecified atom stereocenters. The lowest BCUT2D eigenvalue weighted by atomic mass is 10.1. The van der Waals surface area contributed by atoms with Crippen molar-refractivity contribution in [2.24, 2.45) is 0 Å². The topological polar surface area (TPSA) is 30.0 Å². The number of rotatable bonds is 2. The fourth-order valence-electron chi connectivity index (χ4n) is 1.56. The van der Waals surface area contributed by atoms with Gasteiger partial charge in [-0.15, -0.1) is 0 Å². The number of hydrogen-bond acceptors (Lipinski definition) is 2. The smallest absolute Gasteiger partial charge is 0.152 e. The Morgan fingerprint density at radius 2 is 2.06 bits per heavy atom. The van der Waals surface area contributed by atoms with E-state index in [2.05, 4.69) is 20.9 Å². The van der Waals surface area contributed by atoms with Gasteiger partial charge in [0.05, 0.1) is 5.69 Å². The number of halogens is 1. The molecule has 0 fully saturated rings. The summed E-state index contributed by atoms with van der Waals surface area (Å²) in [5, 5.41) is 0. The third-order valence-corrected chi connectivity index (χ3v) is 3.00. The van der Waals surface area contributed by atoms with Gasteiger partial charge in [-0.05, 0) is 24.6 Å². The molecular weight excluding hydrogens is 266 g/mol. The zero-order chi connectivity index (χ0) is 11.5. The fraction of sp³-hybridized carbons (Fsp3) is 0.0769. The summed E-state index contributed by atoms with van der Waals surface area (Å²) in [7, 11) is 0. The number of aryl methyl sites for hydroxylation is 1. The Labute approximate surface area is 102 Å². The fourth-order valence-corrected chi connectivity index (χ4v) is 2.03. The molecule has 0 atom stereocenters. The van der Waals surface area contributed by atoms with E-state index in [9.17, 15) is 4.79 Å². The van der Waals surface area contributed by atoms with Crippen molar-refractivity contribution in [3.63, 3.8) is 0 Å². The van der Waals surface area contributed by atoms with Crippen molar-refractivity contribution >= 4 is 22.2 Å². The van der Waals surface area contributed by atoms with Crippen LogP contribution in [0.25, 0.3) is 11.3 Å². The Kier molecular flexibility index (Phi) is 3.15. The number of nitrogens with zero attached hydrogens (tertiary/aromatic N) is 1. The first-order valence-electron chi connectivity index (χ1n) is 4.89. The number of hydrogen-bond donors (Lipinski definition) is 0. The van der Waals surface area contributed by atoms with Crippen molar-refractivity contribution in [1.29, 1.82) is 0 Å². The van der Waals surface area contributed by atoms with Crippen LogP contribution in [-0.4, -0.2) is 11.3 Å². The van der Waals surface area contributed by atoms with Crippen molar-refractivity contribution in [3.05, 3.63) is 52.1 Å². The van der Waals surface area contributed by atoms with Crippen LogP contribution in [0.15, 0.2) is 41.0 Å². The molecule has 80 valence electrons. The van der Waals surface area contributed by atoms with Crippen molar-refractivity contribution in [2.75, 3.05) is 0 Å². The average molecular weight is 276 g/mol. The van der Waals surface area contributed by atoms with Crippen molar-refractivity contribution in [2.45, 2.75) is 6.92 Å². The Morgan fingerprint density at radius 3 is 2.75 bits per heavy atom. The molecule has 1 heterocycles. The summed E-state index contributed by atoms with van der Waals surface area (Å²) in [6, 6.07) is 9.58. The van der Waals surface area contributed by atoms with Gasteiger partial charge in [-0.1, -0.05) is 34.1 Å². The molecule has 2 nitrogen and oxygen atoms in total. The predicted octanol–water partition coefficient (Wildman–Crippen LogP) is 3.63. The van der Waals surface area contributed by atoms with E-state index in [1.807, 2.05) is 37.3 Å². The first-order valence-corrected chi connectivity index (χ1v) is 5.68. The zero-order valence-electron chi connectivity index (χ0n) is 8.77. The van der Waals surface area contributed by atoms with Gasteiger partial charge < -0.3 is 0 Å². The summed E-state index contributed by atoms with van der Waals surface area (Å²) in [5.74, 6) is 0. The molecule has 0 aliphatic heterocycles. The lowest BCUT2D eigenvalue weighted by Gasteiger charge is -2.06. The minimum absolute atomic E-state index is 0.618. The molecule has 2 rings (SSSR count). The number of carbonyl (C=O) groups is 1. The predicted molar refractivity (Wildman–Crippen MR) is 67.5 cm³/mol. The Morgan fingerprint density at radius 1 is 1.31 bits per heavy atom. The van der Waals surface area contributed by atoms with Gasteiger partial charge in [0.2, 0.25) is 0 Å². The van der Waals surface area contributed by atoms with Gasteiger partial charge in [0, 0.05) is 21.8 Å². The number of aldehydes is 1. The molecule has 0 saturated heterocycles. The molecule has 1 aromatic carbocycles. The monoisotopic (exact) mass is 275 g/mol. The van der Waals surface area contributed by atoms with Crippen LogP contribution in [-0.2, 0) is 0 Å². The number of aromatic nitrogens is 1. The van der Waals surface area contributed by atoms with Gasteiger partial charge >= 0.3 is 0 Å².